The second-order valence-corrected chi connectivity index (χ2v) is 14.4. The fourth-order valence-corrected chi connectivity index (χ4v) is 6.79. The Kier molecular flexibility index (Phi) is 19.4. The number of hydrazine groups is 1. The number of carbonyl (C=O) groups excluding carboxylic acids is 2. The summed E-state index contributed by atoms with van der Waals surface area (Å²) in [6, 6.07) is 20.6. The monoisotopic (exact) mass is 739 g/mol. The van der Waals surface area contributed by atoms with Crippen molar-refractivity contribution in [3.05, 3.63) is 72.3 Å². The van der Waals surface area contributed by atoms with Crippen LogP contribution in [0, 0.1) is 0 Å². The Bertz CT molecular complexity index is 1610. The summed E-state index contributed by atoms with van der Waals surface area (Å²) in [7, 11) is 0. The van der Waals surface area contributed by atoms with Crippen molar-refractivity contribution in [3.8, 4) is 17.2 Å². The van der Waals surface area contributed by atoms with E-state index in [4.69, 9.17) is 14.2 Å². The van der Waals surface area contributed by atoms with Crippen LogP contribution in [0.2, 0.25) is 0 Å². The lowest BCUT2D eigenvalue weighted by Gasteiger charge is -2.19. The van der Waals surface area contributed by atoms with Gasteiger partial charge in [0.15, 0.2) is 11.5 Å². The van der Waals surface area contributed by atoms with Crippen LogP contribution in [0.1, 0.15) is 147 Å². The quantitative estimate of drug-likeness (QED) is 0.0338. The number of carbonyl (C=O) groups is 2. The number of rotatable bonds is 26. The predicted molar refractivity (Wildman–Crippen MR) is 224 cm³/mol. The number of ether oxygens (including phenoxy) is 3. The molecule has 0 saturated carbocycles. The first-order valence-corrected chi connectivity index (χ1v) is 20.9. The van der Waals surface area contributed by atoms with E-state index in [9.17, 15) is 9.59 Å². The van der Waals surface area contributed by atoms with E-state index in [-0.39, 0.29) is 0 Å². The van der Waals surface area contributed by atoms with Gasteiger partial charge in [-0.3, -0.25) is 10.2 Å². The molecule has 0 aromatic heterocycles. The highest BCUT2D eigenvalue weighted by Gasteiger charge is 2.19. The first kappa shape index (κ1) is 42.3. The second kappa shape index (κ2) is 24.8. The Morgan fingerprint density at radius 2 is 0.926 bits per heavy atom. The average molecular weight is 740 g/mol. The van der Waals surface area contributed by atoms with Gasteiger partial charge in [-0.15, -0.1) is 0 Å². The van der Waals surface area contributed by atoms with E-state index in [0.717, 1.165) is 60.1 Å². The lowest BCUT2D eigenvalue weighted by Crippen LogP contribution is -2.44. The lowest BCUT2D eigenvalue weighted by atomic mass is 9.96. The second-order valence-electron chi connectivity index (χ2n) is 14.4. The molecule has 0 radical (unpaired) electrons. The van der Waals surface area contributed by atoms with E-state index < -0.39 is 11.9 Å². The summed E-state index contributed by atoms with van der Waals surface area (Å²) in [6.07, 6.45) is 20.9. The first-order valence-electron chi connectivity index (χ1n) is 20.9. The van der Waals surface area contributed by atoms with Crippen LogP contribution in [0.4, 0.5) is 10.5 Å². The molecular weight excluding hydrogens is 675 g/mol. The van der Waals surface area contributed by atoms with E-state index >= 15 is 0 Å². The minimum atomic E-state index is -0.586. The number of anilines is 1. The molecule has 0 atom stereocenters. The van der Waals surface area contributed by atoms with Crippen molar-refractivity contribution >= 4 is 39.2 Å². The predicted octanol–water partition coefficient (Wildman–Crippen LogP) is 12.7. The zero-order valence-electron chi connectivity index (χ0n) is 33.2. The highest BCUT2D eigenvalue weighted by Crippen LogP contribution is 2.41. The van der Waals surface area contributed by atoms with Gasteiger partial charge in [0.1, 0.15) is 0 Å². The number of nitrogens with one attached hydrogen (secondary N) is 3. The molecule has 0 saturated heterocycles. The van der Waals surface area contributed by atoms with Crippen LogP contribution in [0.15, 0.2) is 66.7 Å². The van der Waals surface area contributed by atoms with Gasteiger partial charge in [0, 0.05) is 12.1 Å². The highest BCUT2D eigenvalue weighted by atomic mass is 16.5. The van der Waals surface area contributed by atoms with Gasteiger partial charge in [0.2, 0.25) is 5.75 Å². The Morgan fingerprint density at radius 3 is 1.41 bits per heavy atom. The van der Waals surface area contributed by atoms with Crippen molar-refractivity contribution in [1.82, 2.24) is 10.9 Å². The third-order valence-electron chi connectivity index (χ3n) is 9.82. The molecule has 0 aliphatic rings. The summed E-state index contributed by atoms with van der Waals surface area (Å²) < 4.78 is 19.2. The Labute approximate surface area is 324 Å². The molecule has 0 heterocycles. The number of urea groups is 1. The molecule has 8 nitrogen and oxygen atoms in total. The van der Waals surface area contributed by atoms with Crippen LogP contribution >= 0.6 is 0 Å². The molecule has 0 aliphatic carbocycles. The molecule has 4 rings (SSSR count). The van der Waals surface area contributed by atoms with Crippen molar-refractivity contribution in [3.63, 3.8) is 0 Å². The molecule has 0 spiro atoms. The van der Waals surface area contributed by atoms with Crippen LogP contribution in [0.3, 0.4) is 0 Å². The van der Waals surface area contributed by atoms with Gasteiger partial charge in [-0.25, -0.2) is 10.2 Å². The third kappa shape index (κ3) is 14.1. The summed E-state index contributed by atoms with van der Waals surface area (Å²) in [4.78, 5) is 27.0. The molecule has 54 heavy (non-hydrogen) atoms. The molecular formula is C46H65N3O5. The smallest absolute Gasteiger partial charge is 0.337 e. The molecule has 0 aliphatic heterocycles. The Balaban J connectivity index is 1.49. The van der Waals surface area contributed by atoms with E-state index in [0.29, 0.717) is 48.3 Å². The van der Waals surface area contributed by atoms with Crippen LogP contribution in [-0.4, -0.2) is 31.8 Å². The molecule has 8 heteroatoms. The largest absolute Gasteiger partial charge is 0.489 e. The minimum absolute atomic E-state index is 0.400. The number of amides is 3. The average Bonchev–Trinajstić information content (AvgIpc) is 3.18. The van der Waals surface area contributed by atoms with E-state index in [2.05, 4.69) is 43.0 Å². The van der Waals surface area contributed by atoms with Crippen LogP contribution in [0.25, 0.3) is 21.5 Å². The summed E-state index contributed by atoms with van der Waals surface area (Å²) in [6.45, 7) is 8.33. The molecule has 4 aromatic carbocycles. The van der Waals surface area contributed by atoms with Gasteiger partial charge in [-0.05, 0) is 46.9 Å². The summed E-state index contributed by atoms with van der Waals surface area (Å²) in [5, 5.41) is 6.42. The van der Waals surface area contributed by atoms with E-state index in [1.807, 2.05) is 48.5 Å². The fourth-order valence-electron chi connectivity index (χ4n) is 6.79. The SMILES string of the molecule is CCCCCCCCOc1cc(NC(=O)NNC(=O)c2c3ccccc3cc3ccccc23)cc(OCCCCCCCC)c1OCCCCCCCC. The number of hydrogen-bond donors (Lipinski definition) is 3. The van der Waals surface area contributed by atoms with Crippen molar-refractivity contribution < 1.29 is 23.8 Å². The van der Waals surface area contributed by atoms with Crippen LogP contribution in [0.5, 0.6) is 17.2 Å². The van der Waals surface area contributed by atoms with Gasteiger partial charge in [-0.1, -0.05) is 166 Å². The Hall–Kier alpha value is -4.46. The van der Waals surface area contributed by atoms with Gasteiger partial charge >= 0.3 is 6.03 Å². The van der Waals surface area contributed by atoms with E-state index in [1.54, 1.807) is 12.1 Å². The standard InChI is InChI=1S/C46H65N3O5/c1-4-7-10-13-16-23-30-52-41-34-38(35-42(53-31-24-17-14-11-8-5-2)44(41)54-32-25-18-15-12-9-6-3)47-46(51)49-48-45(50)43-39-28-21-19-26-36(39)33-37-27-20-22-29-40(37)43/h19-22,26-29,33-35H,4-18,23-25,30-32H2,1-3H3,(H,48,50)(H2,47,49,51). The first-order chi connectivity index (χ1) is 26.5. The van der Waals surface area contributed by atoms with Crippen molar-refractivity contribution in [2.75, 3.05) is 25.1 Å². The molecule has 3 amide bonds. The maximum Gasteiger partial charge on any atom is 0.337 e. The molecule has 0 unspecified atom stereocenters. The fraction of sp³-hybridized carbons (Fsp3) is 0.522. The molecule has 3 N–H and O–H groups in total. The topological polar surface area (TPSA) is 97.9 Å². The highest BCUT2D eigenvalue weighted by molar-refractivity contribution is 6.18. The van der Waals surface area contributed by atoms with E-state index in [1.165, 1.54) is 77.0 Å². The molecule has 0 bridgehead atoms. The van der Waals surface area contributed by atoms with Crippen molar-refractivity contribution in [2.45, 2.75) is 136 Å². The van der Waals surface area contributed by atoms with Crippen molar-refractivity contribution in [1.29, 1.82) is 0 Å². The number of benzene rings is 4. The van der Waals surface area contributed by atoms with Crippen LogP contribution < -0.4 is 30.4 Å². The lowest BCUT2D eigenvalue weighted by molar-refractivity contribution is 0.0941. The Morgan fingerprint density at radius 1 is 0.500 bits per heavy atom. The van der Waals surface area contributed by atoms with Gasteiger partial charge < -0.3 is 19.5 Å². The van der Waals surface area contributed by atoms with Crippen molar-refractivity contribution in [2.24, 2.45) is 0 Å². The zero-order valence-corrected chi connectivity index (χ0v) is 33.2. The van der Waals surface area contributed by atoms with Crippen LogP contribution in [-0.2, 0) is 0 Å². The molecule has 294 valence electrons. The van der Waals surface area contributed by atoms with Gasteiger partial charge in [0.05, 0.1) is 31.1 Å². The summed E-state index contributed by atoms with van der Waals surface area (Å²) in [5.41, 5.74) is 6.19. The normalized spacial score (nSPS) is 11.1. The minimum Gasteiger partial charge on any atom is -0.489 e. The van der Waals surface area contributed by atoms with Gasteiger partial charge in [0.25, 0.3) is 5.91 Å². The maximum absolute atomic E-state index is 13.6. The number of fused-ring (bicyclic) bond motifs is 2. The summed E-state index contributed by atoms with van der Waals surface area (Å²) >= 11 is 0. The number of unbranched alkanes of at least 4 members (excludes halogenated alkanes) is 15. The summed E-state index contributed by atoms with van der Waals surface area (Å²) in [5.74, 6) is 1.29. The number of hydrogen-bond acceptors (Lipinski definition) is 5. The maximum atomic E-state index is 13.6. The van der Waals surface area contributed by atoms with Gasteiger partial charge in [-0.2, -0.15) is 0 Å². The zero-order chi connectivity index (χ0) is 38.2. The third-order valence-corrected chi connectivity index (χ3v) is 9.82. The molecule has 0 fully saturated rings. The molecule has 4 aromatic rings.